The van der Waals surface area contributed by atoms with Crippen molar-refractivity contribution in [2.45, 2.75) is 19.4 Å². The summed E-state index contributed by atoms with van der Waals surface area (Å²) in [5, 5.41) is 8.68. The number of benzene rings is 1. The van der Waals surface area contributed by atoms with Gasteiger partial charge in [-0.3, -0.25) is 0 Å². The Labute approximate surface area is 102 Å². The number of hydrogen-bond donors (Lipinski definition) is 1. The van der Waals surface area contributed by atoms with Crippen molar-refractivity contribution in [3.05, 3.63) is 29.8 Å². The summed E-state index contributed by atoms with van der Waals surface area (Å²) < 4.78 is 10.7. The van der Waals surface area contributed by atoms with Crippen molar-refractivity contribution in [1.29, 1.82) is 0 Å². The molecule has 0 saturated heterocycles. The highest BCUT2D eigenvalue weighted by molar-refractivity contribution is 5.45. The third kappa shape index (κ3) is 4.90. The highest BCUT2D eigenvalue weighted by Crippen LogP contribution is 2.18. The first-order chi connectivity index (χ1) is 8.27. The van der Waals surface area contributed by atoms with Crippen molar-refractivity contribution in [1.82, 2.24) is 0 Å². The van der Waals surface area contributed by atoms with Gasteiger partial charge >= 0.3 is 0 Å². The first-order valence-corrected chi connectivity index (χ1v) is 5.62. The lowest BCUT2D eigenvalue weighted by Crippen LogP contribution is -2.18. The van der Waals surface area contributed by atoms with E-state index < -0.39 is 0 Å². The molecule has 1 aromatic carbocycles. The quantitative estimate of drug-likeness (QED) is 0.790. The van der Waals surface area contributed by atoms with Crippen molar-refractivity contribution >= 4 is 0 Å². The second-order valence-electron chi connectivity index (χ2n) is 3.66. The standard InChI is InChI=1S/C14H18O3/c1-12(11-16-2)17-14-9-4-3-7-13(14)8-5-6-10-15/h3-4,7,9,12,15H,6,10-11H2,1-2H3. The van der Waals surface area contributed by atoms with Gasteiger partial charge in [-0.05, 0) is 19.1 Å². The maximum atomic E-state index is 8.68. The molecule has 0 heterocycles. The molecule has 3 heteroatoms. The predicted molar refractivity (Wildman–Crippen MR) is 67.0 cm³/mol. The van der Waals surface area contributed by atoms with E-state index >= 15 is 0 Å². The highest BCUT2D eigenvalue weighted by Gasteiger charge is 2.05. The summed E-state index contributed by atoms with van der Waals surface area (Å²) in [4.78, 5) is 0. The molecule has 0 aliphatic carbocycles. The van der Waals surface area contributed by atoms with E-state index in [0.29, 0.717) is 13.0 Å². The van der Waals surface area contributed by atoms with Crippen LogP contribution in [-0.2, 0) is 4.74 Å². The normalized spacial score (nSPS) is 11.5. The molecule has 1 atom stereocenters. The van der Waals surface area contributed by atoms with Crippen LogP contribution < -0.4 is 4.74 Å². The van der Waals surface area contributed by atoms with E-state index in [1.54, 1.807) is 7.11 Å². The van der Waals surface area contributed by atoms with Crippen LogP contribution in [0.15, 0.2) is 24.3 Å². The average Bonchev–Trinajstić information content (AvgIpc) is 2.32. The minimum atomic E-state index is -0.0132. The van der Waals surface area contributed by atoms with Crippen LogP contribution in [-0.4, -0.2) is 31.5 Å². The second-order valence-corrected chi connectivity index (χ2v) is 3.66. The van der Waals surface area contributed by atoms with E-state index in [0.717, 1.165) is 11.3 Å². The molecule has 92 valence electrons. The van der Waals surface area contributed by atoms with Gasteiger partial charge in [0.25, 0.3) is 0 Å². The molecule has 1 rings (SSSR count). The minimum Gasteiger partial charge on any atom is -0.487 e. The predicted octanol–water partition coefficient (Wildman–Crippen LogP) is 1.83. The number of para-hydroxylation sites is 1. The molecule has 1 unspecified atom stereocenters. The van der Waals surface area contributed by atoms with Crippen LogP contribution in [0.1, 0.15) is 18.9 Å². The van der Waals surface area contributed by atoms with Gasteiger partial charge in [0, 0.05) is 13.5 Å². The molecule has 1 N–H and O–H groups in total. The molecule has 3 nitrogen and oxygen atoms in total. The first-order valence-electron chi connectivity index (χ1n) is 5.62. The molecule has 0 saturated carbocycles. The molecule has 0 aliphatic heterocycles. The van der Waals surface area contributed by atoms with Crippen LogP contribution in [0.3, 0.4) is 0 Å². The third-order valence-corrected chi connectivity index (χ3v) is 2.08. The Kier molecular flexibility index (Phi) is 6.16. The Bertz CT molecular complexity index is 390. The Balaban J connectivity index is 2.74. The smallest absolute Gasteiger partial charge is 0.135 e. The zero-order valence-electron chi connectivity index (χ0n) is 10.3. The van der Waals surface area contributed by atoms with Crippen molar-refractivity contribution in [2.75, 3.05) is 20.3 Å². The van der Waals surface area contributed by atoms with Crippen LogP contribution in [0.2, 0.25) is 0 Å². The van der Waals surface area contributed by atoms with E-state index in [1.165, 1.54) is 0 Å². The minimum absolute atomic E-state index is 0.0132. The molecule has 0 bridgehead atoms. The van der Waals surface area contributed by atoms with Crippen molar-refractivity contribution < 1.29 is 14.6 Å². The third-order valence-electron chi connectivity index (χ3n) is 2.08. The lowest BCUT2D eigenvalue weighted by Gasteiger charge is -2.14. The Morgan fingerprint density at radius 3 is 2.82 bits per heavy atom. The molecule has 0 fully saturated rings. The molecule has 0 radical (unpaired) electrons. The monoisotopic (exact) mass is 234 g/mol. The molecular weight excluding hydrogens is 216 g/mol. The summed E-state index contributed by atoms with van der Waals surface area (Å²) in [5.74, 6) is 6.62. The van der Waals surface area contributed by atoms with Gasteiger partial charge in [-0.2, -0.15) is 0 Å². The summed E-state index contributed by atoms with van der Waals surface area (Å²) in [6.07, 6.45) is 0.461. The van der Waals surface area contributed by atoms with Gasteiger partial charge in [-0.1, -0.05) is 24.0 Å². The molecule has 0 spiro atoms. The summed E-state index contributed by atoms with van der Waals surface area (Å²) >= 11 is 0. The average molecular weight is 234 g/mol. The summed E-state index contributed by atoms with van der Waals surface area (Å²) in [5.41, 5.74) is 0.837. The van der Waals surface area contributed by atoms with E-state index in [-0.39, 0.29) is 12.7 Å². The fourth-order valence-corrected chi connectivity index (χ4v) is 1.37. The molecule has 17 heavy (non-hydrogen) atoms. The van der Waals surface area contributed by atoms with Gasteiger partial charge in [-0.15, -0.1) is 0 Å². The van der Waals surface area contributed by atoms with Crippen LogP contribution in [0.5, 0.6) is 5.75 Å². The summed E-state index contributed by atoms with van der Waals surface area (Å²) in [6.45, 7) is 2.57. The van der Waals surface area contributed by atoms with Gasteiger partial charge in [0.1, 0.15) is 11.9 Å². The van der Waals surface area contributed by atoms with Gasteiger partial charge in [0.2, 0.25) is 0 Å². The van der Waals surface area contributed by atoms with E-state index in [9.17, 15) is 0 Å². The fourth-order valence-electron chi connectivity index (χ4n) is 1.37. The molecule has 0 amide bonds. The molecule has 0 aromatic heterocycles. The topological polar surface area (TPSA) is 38.7 Å². The molecular formula is C14H18O3. The van der Waals surface area contributed by atoms with Crippen LogP contribution in [0, 0.1) is 11.8 Å². The first kappa shape index (κ1) is 13.6. The number of rotatable bonds is 5. The maximum absolute atomic E-state index is 8.68. The summed E-state index contributed by atoms with van der Waals surface area (Å²) in [6, 6.07) is 7.61. The van der Waals surface area contributed by atoms with E-state index in [4.69, 9.17) is 14.6 Å². The number of methoxy groups -OCH3 is 1. The zero-order chi connectivity index (χ0) is 12.5. The van der Waals surface area contributed by atoms with Crippen molar-refractivity contribution in [2.24, 2.45) is 0 Å². The van der Waals surface area contributed by atoms with Crippen LogP contribution >= 0.6 is 0 Å². The van der Waals surface area contributed by atoms with Crippen LogP contribution in [0.4, 0.5) is 0 Å². The van der Waals surface area contributed by atoms with Gasteiger partial charge in [0.15, 0.2) is 0 Å². The lowest BCUT2D eigenvalue weighted by molar-refractivity contribution is 0.0919. The number of ether oxygens (including phenoxy) is 2. The number of aliphatic hydroxyl groups is 1. The van der Waals surface area contributed by atoms with Gasteiger partial charge < -0.3 is 14.6 Å². The van der Waals surface area contributed by atoms with Gasteiger partial charge in [0.05, 0.1) is 18.8 Å². The number of hydrogen-bond acceptors (Lipinski definition) is 3. The van der Waals surface area contributed by atoms with Gasteiger partial charge in [-0.25, -0.2) is 0 Å². The fraction of sp³-hybridized carbons (Fsp3) is 0.429. The Morgan fingerprint density at radius 1 is 1.35 bits per heavy atom. The Morgan fingerprint density at radius 2 is 2.12 bits per heavy atom. The lowest BCUT2D eigenvalue weighted by atomic mass is 10.2. The molecule has 1 aromatic rings. The molecule has 0 aliphatic rings. The largest absolute Gasteiger partial charge is 0.487 e. The van der Waals surface area contributed by atoms with E-state index in [1.807, 2.05) is 31.2 Å². The SMILES string of the molecule is COCC(C)Oc1ccccc1C#CCCO. The van der Waals surface area contributed by atoms with Crippen molar-refractivity contribution in [3.63, 3.8) is 0 Å². The maximum Gasteiger partial charge on any atom is 0.135 e. The second kappa shape index (κ2) is 7.72. The number of aliphatic hydroxyl groups excluding tert-OH is 1. The van der Waals surface area contributed by atoms with E-state index in [2.05, 4.69) is 11.8 Å². The van der Waals surface area contributed by atoms with Crippen molar-refractivity contribution in [3.8, 4) is 17.6 Å². The Hall–Kier alpha value is -1.50. The van der Waals surface area contributed by atoms with Crippen LogP contribution in [0.25, 0.3) is 0 Å². The highest BCUT2D eigenvalue weighted by atomic mass is 16.5. The zero-order valence-corrected chi connectivity index (χ0v) is 10.3. The summed E-state index contributed by atoms with van der Waals surface area (Å²) in [7, 11) is 1.65.